The molecule has 0 bridgehead atoms. The minimum Gasteiger partial charge on any atom is -0.462 e. The van der Waals surface area contributed by atoms with Crippen LogP contribution in [-0.4, -0.2) is 37.2 Å². The van der Waals surface area contributed by atoms with Gasteiger partial charge in [-0.05, 0) is 135 Å². The maximum Gasteiger partial charge on any atom is 0.306 e. The van der Waals surface area contributed by atoms with Crippen LogP contribution in [0.3, 0.4) is 0 Å². The Morgan fingerprint density at radius 2 is 0.500 bits per heavy atom. The van der Waals surface area contributed by atoms with Gasteiger partial charge in [0.15, 0.2) is 6.10 Å². The van der Waals surface area contributed by atoms with Gasteiger partial charge in [-0.1, -0.05) is 264 Å². The maximum atomic E-state index is 12.8. The largest absolute Gasteiger partial charge is 0.462 e. The third kappa shape index (κ3) is 62.4. The normalized spacial score (nSPS) is 13.0. The number of unbranched alkanes of at least 4 members (excludes halogenated alkanes) is 24. The van der Waals surface area contributed by atoms with E-state index >= 15 is 0 Å². The molecule has 78 heavy (non-hydrogen) atoms. The van der Waals surface area contributed by atoms with Crippen LogP contribution in [0.2, 0.25) is 0 Å². The molecule has 1 atom stereocenters. The van der Waals surface area contributed by atoms with Gasteiger partial charge in [-0.3, -0.25) is 14.4 Å². The van der Waals surface area contributed by atoms with Gasteiger partial charge in [0.1, 0.15) is 13.2 Å². The second kappa shape index (κ2) is 65.1. The molecule has 1 unspecified atom stereocenters. The molecule has 0 aromatic carbocycles. The van der Waals surface area contributed by atoms with Crippen molar-refractivity contribution in [2.24, 2.45) is 0 Å². The molecule has 6 nitrogen and oxygen atoms in total. The van der Waals surface area contributed by atoms with E-state index in [9.17, 15) is 14.4 Å². The Hall–Kier alpha value is -4.45. The first kappa shape index (κ1) is 73.5. The summed E-state index contributed by atoms with van der Waals surface area (Å²) < 4.78 is 16.8. The van der Waals surface area contributed by atoms with Gasteiger partial charge in [-0.2, -0.15) is 0 Å². The Morgan fingerprint density at radius 3 is 0.808 bits per heavy atom. The van der Waals surface area contributed by atoms with Crippen LogP contribution in [-0.2, 0) is 28.6 Å². The van der Waals surface area contributed by atoms with Crippen LogP contribution >= 0.6 is 0 Å². The van der Waals surface area contributed by atoms with E-state index in [1.165, 1.54) is 103 Å². The van der Waals surface area contributed by atoms with Crippen LogP contribution in [0.15, 0.2) is 134 Å². The molecule has 0 spiro atoms. The van der Waals surface area contributed by atoms with E-state index in [1.54, 1.807) is 0 Å². The highest BCUT2D eigenvalue weighted by Gasteiger charge is 2.19. The molecular formula is C72H118O6. The Morgan fingerprint density at radius 1 is 0.269 bits per heavy atom. The topological polar surface area (TPSA) is 78.9 Å². The lowest BCUT2D eigenvalue weighted by Crippen LogP contribution is -2.30. The van der Waals surface area contributed by atoms with Gasteiger partial charge in [0.2, 0.25) is 0 Å². The molecule has 0 aliphatic heterocycles. The van der Waals surface area contributed by atoms with E-state index in [4.69, 9.17) is 14.2 Å². The smallest absolute Gasteiger partial charge is 0.306 e. The molecule has 0 amide bonds. The summed E-state index contributed by atoms with van der Waals surface area (Å²) >= 11 is 0. The van der Waals surface area contributed by atoms with Gasteiger partial charge >= 0.3 is 17.9 Å². The predicted octanol–water partition coefficient (Wildman–Crippen LogP) is 22.2. The van der Waals surface area contributed by atoms with Crippen LogP contribution in [0.4, 0.5) is 0 Å². The summed E-state index contributed by atoms with van der Waals surface area (Å²) in [5, 5.41) is 0. The van der Waals surface area contributed by atoms with Gasteiger partial charge in [-0.15, -0.1) is 0 Å². The first-order valence-electron chi connectivity index (χ1n) is 32.2. The quantitative estimate of drug-likeness (QED) is 0.0261. The fraction of sp³-hybridized carbons (Fsp3) is 0.653. The first-order valence-corrected chi connectivity index (χ1v) is 32.2. The van der Waals surface area contributed by atoms with E-state index < -0.39 is 6.10 Å². The van der Waals surface area contributed by atoms with Crippen LogP contribution in [0.25, 0.3) is 0 Å². The second-order valence-electron chi connectivity index (χ2n) is 20.9. The fourth-order valence-electron chi connectivity index (χ4n) is 8.61. The molecule has 442 valence electrons. The van der Waals surface area contributed by atoms with Crippen LogP contribution < -0.4 is 0 Å². The van der Waals surface area contributed by atoms with Crippen molar-refractivity contribution in [3.8, 4) is 0 Å². The number of carbonyl (C=O) groups is 3. The summed E-state index contributed by atoms with van der Waals surface area (Å²) in [7, 11) is 0. The molecule has 0 aliphatic rings. The van der Waals surface area contributed by atoms with Crippen molar-refractivity contribution < 1.29 is 28.6 Å². The van der Waals surface area contributed by atoms with Crippen molar-refractivity contribution in [3.05, 3.63) is 134 Å². The number of hydrogen-bond acceptors (Lipinski definition) is 6. The number of rotatable bonds is 57. The number of hydrogen-bond donors (Lipinski definition) is 0. The Labute approximate surface area is 481 Å². The van der Waals surface area contributed by atoms with Crippen molar-refractivity contribution in [2.45, 2.75) is 290 Å². The van der Waals surface area contributed by atoms with Crippen molar-refractivity contribution in [1.82, 2.24) is 0 Å². The first-order chi connectivity index (χ1) is 38.5. The Bertz CT molecular complexity index is 1670. The Kier molecular flexibility index (Phi) is 61.4. The number of allylic oxidation sites excluding steroid dienone is 22. The third-order valence-electron chi connectivity index (χ3n) is 13.4. The molecular weight excluding hydrogens is 961 g/mol. The average Bonchev–Trinajstić information content (AvgIpc) is 3.44. The molecule has 0 saturated carbocycles. The average molecular weight is 1080 g/mol. The van der Waals surface area contributed by atoms with Gasteiger partial charge in [0, 0.05) is 19.3 Å². The standard InChI is InChI=1S/C72H118O6/c1-4-7-10-13-16-19-22-25-26-27-28-29-30-31-32-33-34-35-36-37-38-39-40-41-42-43-44-45-46-48-50-53-56-59-62-65-71(74)77-68-69(67-76-70(73)64-61-58-55-52-49-24-21-18-15-12-9-6-3)78-72(75)66-63-60-57-54-51-47-23-20-17-14-11-8-5-2/h7-8,10-11,16-21,25-26,28-29,31-32,34-35,37-38,47,51,69H,4-6,9,12-15,22-24,27,30,33,36,39-46,48-50,52-68H2,1-3H3/b10-7-,11-8-,19-16-,20-17-,21-18-,26-25-,29-28-,32-31-,35-34-,38-37-,51-47-. The van der Waals surface area contributed by atoms with Crippen LogP contribution in [0.1, 0.15) is 284 Å². The highest BCUT2D eigenvalue weighted by Crippen LogP contribution is 2.15. The molecule has 0 aliphatic carbocycles. The van der Waals surface area contributed by atoms with Crippen molar-refractivity contribution in [3.63, 3.8) is 0 Å². The number of ether oxygens (including phenoxy) is 3. The molecule has 0 saturated heterocycles. The highest BCUT2D eigenvalue weighted by molar-refractivity contribution is 5.71. The molecule has 0 N–H and O–H groups in total. The third-order valence-corrected chi connectivity index (χ3v) is 13.4. The van der Waals surface area contributed by atoms with Gasteiger partial charge in [-0.25, -0.2) is 0 Å². The minimum absolute atomic E-state index is 0.0945. The maximum absolute atomic E-state index is 12.8. The molecule has 0 aromatic heterocycles. The molecule has 0 radical (unpaired) electrons. The van der Waals surface area contributed by atoms with Crippen molar-refractivity contribution in [2.75, 3.05) is 13.2 Å². The molecule has 0 rings (SSSR count). The second-order valence-corrected chi connectivity index (χ2v) is 20.9. The van der Waals surface area contributed by atoms with Crippen LogP contribution in [0, 0.1) is 0 Å². The Balaban J connectivity index is 4.16. The lowest BCUT2D eigenvalue weighted by atomic mass is 10.0. The van der Waals surface area contributed by atoms with Crippen molar-refractivity contribution in [1.29, 1.82) is 0 Å². The SMILES string of the molecule is CC/C=C\C/C=C\C/C=C\C/C=C\C/C=C\C/C=C\C/C=C\CCCCCCCCCCCCCCCC(=O)OCC(COC(=O)CCCCCCC/C=C\CCCCC)OC(=O)CCCCC/C=C\C/C=C\C/C=C\CC. The lowest BCUT2D eigenvalue weighted by molar-refractivity contribution is -0.167. The molecule has 0 heterocycles. The summed E-state index contributed by atoms with van der Waals surface area (Å²) in [5.41, 5.74) is 0. The fourth-order valence-corrected chi connectivity index (χ4v) is 8.61. The van der Waals surface area contributed by atoms with Crippen molar-refractivity contribution >= 4 is 17.9 Å². The van der Waals surface area contributed by atoms with Gasteiger partial charge in [0.05, 0.1) is 0 Å². The lowest BCUT2D eigenvalue weighted by Gasteiger charge is -2.18. The number of carbonyl (C=O) groups excluding carboxylic acids is 3. The summed E-state index contributed by atoms with van der Waals surface area (Å²) in [4.78, 5) is 38.2. The molecule has 0 aromatic rings. The monoisotopic (exact) mass is 1080 g/mol. The van der Waals surface area contributed by atoms with E-state index in [2.05, 4.69) is 154 Å². The summed E-state index contributed by atoms with van der Waals surface area (Å²) in [6.45, 7) is 6.35. The van der Waals surface area contributed by atoms with E-state index in [1.807, 2.05) is 0 Å². The predicted molar refractivity (Wildman–Crippen MR) is 339 cm³/mol. The van der Waals surface area contributed by atoms with E-state index in [0.29, 0.717) is 12.8 Å². The molecule has 6 heteroatoms. The molecule has 0 fully saturated rings. The van der Waals surface area contributed by atoms with E-state index in [-0.39, 0.29) is 37.5 Å². The minimum atomic E-state index is -0.799. The van der Waals surface area contributed by atoms with Gasteiger partial charge in [0.25, 0.3) is 0 Å². The summed E-state index contributed by atoms with van der Waals surface area (Å²) in [5.74, 6) is -0.934. The zero-order chi connectivity index (χ0) is 56.4. The summed E-state index contributed by atoms with van der Waals surface area (Å²) in [6.07, 6.45) is 91.9. The van der Waals surface area contributed by atoms with E-state index in [0.717, 1.165) is 141 Å². The zero-order valence-corrected chi connectivity index (χ0v) is 50.6. The zero-order valence-electron chi connectivity index (χ0n) is 50.6. The van der Waals surface area contributed by atoms with Gasteiger partial charge < -0.3 is 14.2 Å². The number of esters is 3. The summed E-state index contributed by atoms with van der Waals surface area (Å²) in [6, 6.07) is 0. The van der Waals surface area contributed by atoms with Crippen LogP contribution in [0.5, 0.6) is 0 Å². The highest BCUT2D eigenvalue weighted by atomic mass is 16.6.